The molecule has 0 unspecified atom stereocenters. The van der Waals surface area contributed by atoms with Gasteiger partial charge in [-0.2, -0.15) is 0 Å². The second kappa shape index (κ2) is 9.90. The molecule has 100 valence electrons. The van der Waals surface area contributed by atoms with Crippen molar-refractivity contribution in [2.75, 3.05) is 13.7 Å². The lowest BCUT2D eigenvalue weighted by molar-refractivity contribution is 0.206. The van der Waals surface area contributed by atoms with Crippen LogP contribution in [0.25, 0.3) is 5.57 Å². The Hall–Kier alpha value is -1.08. The SMILES string of the molecule is CCCCCCC=C(CCOC)c1ccccc1. The first-order valence-electron chi connectivity index (χ1n) is 7.12. The van der Waals surface area contributed by atoms with Gasteiger partial charge < -0.3 is 4.74 Å². The first-order valence-corrected chi connectivity index (χ1v) is 7.12. The van der Waals surface area contributed by atoms with Gasteiger partial charge >= 0.3 is 0 Å². The molecule has 0 aliphatic heterocycles. The van der Waals surface area contributed by atoms with Gasteiger partial charge in [-0.15, -0.1) is 0 Å². The summed E-state index contributed by atoms with van der Waals surface area (Å²) in [5.74, 6) is 0. The number of allylic oxidation sites excluding steroid dienone is 1. The topological polar surface area (TPSA) is 9.23 Å². The zero-order valence-electron chi connectivity index (χ0n) is 11.8. The molecule has 1 aromatic carbocycles. The van der Waals surface area contributed by atoms with Crippen molar-refractivity contribution in [2.24, 2.45) is 0 Å². The highest BCUT2D eigenvalue weighted by Gasteiger charge is 2.00. The molecule has 0 aliphatic carbocycles. The molecule has 0 heterocycles. The number of hydrogen-bond acceptors (Lipinski definition) is 1. The minimum Gasteiger partial charge on any atom is -0.384 e. The van der Waals surface area contributed by atoms with E-state index in [-0.39, 0.29) is 0 Å². The van der Waals surface area contributed by atoms with E-state index in [0.29, 0.717) is 0 Å². The van der Waals surface area contributed by atoms with E-state index in [4.69, 9.17) is 4.74 Å². The van der Waals surface area contributed by atoms with Gasteiger partial charge in [0.2, 0.25) is 0 Å². The van der Waals surface area contributed by atoms with Crippen LogP contribution in [0.15, 0.2) is 36.4 Å². The molecule has 1 nitrogen and oxygen atoms in total. The summed E-state index contributed by atoms with van der Waals surface area (Å²) < 4.78 is 5.20. The van der Waals surface area contributed by atoms with Crippen LogP contribution in [0.4, 0.5) is 0 Å². The Bertz CT molecular complexity index is 327. The molecule has 0 aliphatic rings. The van der Waals surface area contributed by atoms with Crippen LogP contribution in [0.5, 0.6) is 0 Å². The maximum Gasteiger partial charge on any atom is 0.0502 e. The Kier molecular flexibility index (Phi) is 8.24. The molecule has 18 heavy (non-hydrogen) atoms. The Morgan fingerprint density at radius 1 is 1.11 bits per heavy atom. The maximum absolute atomic E-state index is 5.20. The molecule has 0 bridgehead atoms. The molecule has 0 N–H and O–H groups in total. The first-order chi connectivity index (χ1) is 8.88. The summed E-state index contributed by atoms with van der Waals surface area (Å²) in [6.45, 7) is 3.06. The summed E-state index contributed by atoms with van der Waals surface area (Å²) in [5, 5.41) is 0. The van der Waals surface area contributed by atoms with Gasteiger partial charge in [-0.05, 0) is 30.4 Å². The molecule has 0 atom stereocenters. The van der Waals surface area contributed by atoms with Gasteiger partial charge in [0.05, 0.1) is 6.61 Å². The summed E-state index contributed by atoms with van der Waals surface area (Å²) >= 11 is 0. The van der Waals surface area contributed by atoms with Crippen LogP contribution < -0.4 is 0 Å². The summed E-state index contributed by atoms with van der Waals surface area (Å²) in [5.41, 5.74) is 2.76. The van der Waals surface area contributed by atoms with Gasteiger partial charge in [0, 0.05) is 7.11 Å². The van der Waals surface area contributed by atoms with Gasteiger partial charge in [-0.3, -0.25) is 0 Å². The molecule has 0 radical (unpaired) electrons. The lowest BCUT2D eigenvalue weighted by Crippen LogP contribution is -1.92. The van der Waals surface area contributed by atoms with Crippen molar-refractivity contribution in [2.45, 2.75) is 45.4 Å². The van der Waals surface area contributed by atoms with Gasteiger partial charge in [0.25, 0.3) is 0 Å². The molecule has 0 saturated carbocycles. The minimum atomic E-state index is 0.801. The van der Waals surface area contributed by atoms with Crippen molar-refractivity contribution in [3.05, 3.63) is 42.0 Å². The Morgan fingerprint density at radius 3 is 2.56 bits per heavy atom. The van der Waals surface area contributed by atoms with E-state index < -0.39 is 0 Å². The zero-order chi connectivity index (χ0) is 13.1. The fourth-order valence-electron chi connectivity index (χ4n) is 2.08. The minimum absolute atomic E-state index is 0.801. The molecule has 1 aromatic rings. The highest BCUT2D eigenvalue weighted by molar-refractivity contribution is 5.65. The Balaban J connectivity index is 2.52. The van der Waals surface area contributed by atoms with Gasteiger partial charge in [0.15, 0.2) is 0 Å². The van der Waals surface area contributed by atoms with Gasteiger partial charge in [-0.1, -0.05) is 62.6 Å². The second-order valence-corrected chi connectivity index (χ2v) is 4.69. The third-order valence-corrected chi connectivity index (χ3v) is 3.17. The van der Waals surface area contributed by atoms with Crippen molar-refractivity contribution >= 4 is 5.57 Å². The van der Waals surface area contributed by atoms with E-state index in [1.807, 2.05) is 0 Å². The van der Waals surface area contributed by atoms with Crippen LogP contribution in [0.2, 0.25) is 0 Å². The smallest absolute Gasteiger partial charge is 0.0502 e. The summed E-state index contributed by atoms with van der Waals surface area (Å²) in [7, 11) is 1.77. The zero-order valence-corrected chi connectivity index (χ0v) is 11.8. The standard InChI is InChI=1S/C17H26O/c1-3-4-5-6-8-13-17(14-15-18-2)16-11-9-7-10-12-16/h7,9-13H,3-6,8,14-15H2,1-2H3. The van der Waals surface area contributed by atoms with E-state index in [2.05, 4.69) is 43.3 Å². The molecule has 0 fully saturated rings. The van der Waals surface area contributed by atoms with Crippen LogP contribution >= 0.6 is 0 Å². The molecule has 1 rings (SSSR count). The third kappa shape index (κ3) is 6.02. The van der Waals surface area contributed by atoms with E-state index in [9.17, 15) is 0 Å². The lowest BCUT2D eigenvalue weighted by atomic mass is 10.0. The van der Waals surface area contributed by atoms with E-state index in [1.54, 1.807) is 7.11 Å². The molecular weight excluding hydrogens is 220 g/mol. The molecular formula is C17H26O. The highest BCUT2D eigenvalue weighted by atomic mass is 16.5. The average Bonchev–Trinajstić information content (AvgIpc) is 2.43. The van der Waals surface area contributed by atoms with E-state index >= 15 is 0 Å². The van der Waals surface area contributed by atoms with Crippen molar-refractivity contribution < 1.29 is 4.74 Å². The van der Waals surface area contributed by atoms with Crippen molar-refractivity contribution in [1.29, 1.82) is 0 Å². The number of unbranched alkanes of at least 4 members (excludes halogenated alkanes) is 4. The monoisotopic (exact) mass is 246 g/mol. The summed E-state index contributed by atoms with van der Waals surface area (Å²) in [4.78, 5) is 0. The largest absolute Gasteiger partial charge is 0.384 e. The molecule has 0 saturated heterocycles. The number of ether oxygens (including phenoxy) is 1. The quantitative estimate of drug-likeness (QED) is 0.552. The Labute approximate surface area is 112 Å². The Morgan fingerprint density at radius 2 is 1.89 bits per heavy atom. The van der Waals surface area contributed by atoms with Crippen LogP contribution in [0.1, 0.15) is 51.0 Å². The molecule has 0 amide bonds. The van der Waals surface area contributed by atoms with Crippen LogP contribution in [-0.2, 0) is 4.74 Å². The average molecular weight is 246 g/mol. The molecule has 0 spiro atoms. The maximum atomic E-state index is 5.20. The normalized spacial score (nSPS) is 11.8. The number of benzene rings is 1. The lowest BCUT2D eigenvalue weighted by Gasteiger charge is -2.07. The van der Waals surface area contributed by atoms with Crippen molar-refractivity contribution in [3.8, 4) is 0 Å². The summed E-state index contributed by atoms with van der Waals surface area (Å²) in [6, 6.07) is 10.7. The van der Waals surface area contributed by atoms with Gasteiger partial charge in [0.1, 0.15) is 0 Å². The molecule has 0 aromatic heterocycles. The summed E-state index contributed by atoms with van der Waals surface area (Å²) in [6.07, 6.45) is 9.90. The fraction of sp³-hybridized carbons (Fsp3) is 0.529. The van der Waals surface area contributed by atoms with Gasteiger partial charge in [-0.25, -0.2) is 0 Å². The van der Waals surface area contributed by atoms with Crippen molar-refractivity contribution in [1.82, 2.24) is 0 Å². The third-order valence-electron chi connectivity index (χ3n) is 3.17. The van der Waals surface area contributed by atoms with E-state index in [1.165, 1.54) is 43.2 Å². The highest BCUT2D eigenvalue weighted by Crippen LogP contribution is 2.19. The second-order valence-electron chi connectivity index (χ2n) is 4.69. The number of hydrogen-bond donors (Lipinski definition) is 0. The van der Waals surface area contributed by atoms with E-state index in [0.717, 1.165) is 13.0 Å². The first kappa shape index (κ1) is 15.0. The predicted octanol–water partition coefficient (Wildman–Crippen LogP) is 5.08. The molecule has 1 heteroatoms. The fourth-order valence-corrected chi connectivity index (χ4v) is 2.08. The van der Waals surface area contributed by atoms with Crippen LogP contribution in [0, 0.1) is 0 Å². The van der Waals surface area contributed by atoms with Crippen LogP contribution in [0.3, 0.4) is 0 Å². The predicted molar refractivity (Wildman–Crippen MR) is 79.7 cm³/mol. The van der Waals surface area contributed by atoms with Crippen LogP contribution in [-0.4, -0.2) is 13.7 Å². The van der Waals surface area contributed by atoms with Crippen molar-refractivity contribution in [3.63, 3.8) is 0 Å². The number of methoxy groups -OCH3 is 1. The number of rotatable bonds is 9.